The first-order valence-electron chi connectivity index (χ1n) is 8.87. The molecule has 0 spiro atoms. The topological polar surface area (TPSA) is 45.5 Å². The molecule has 1 aromatic rings. The van der Waals surface area contributed by atoms with Crippen LogP contribution < -0.4 is 5.32 Å². The van der Waals surface area contributed by atoms with Gasteiger partial charge in [0.25, 0.3) is 0 Å². The van der Waals surface area contributed by atoms with Gasteiger partial charge in [-0.25, -0.2) is 0 Å². The fourth-order valence-corrected chi connectivity index (χ4v) is 3.86. The van der Waals surface area contributed by atoms with E-state index in [0.29, 0.717) is 0 Å². The number of aryl methyl sites for hydroxylation is 1. The lowest BCUT2D eigenvalue weighted by molar-refractivity contribution is 0.299. The molecular weight excluding hydrogens is 401 g/mol. The van der Waals surface area contributed by atoms with E-state index in [1.807, 2.05) is 23.1 Å². The van der Waals surface area contributed by atoms with E-state index in [2.05, 4.69) is 22.2 Å². The number of aromatic nitrogens is 2. The Balaban J connectivity index is 0.00000192. The lowest BCUT2D eigenvalue weighted by atomic mass is 9.82. The van der Waals surface area contributed by atoms with E-state index in [1.165, 1.54) is 38.8 Å². The summed E-state index contributed by atoms with van der Waals surface area (Å²) in [5, 5.41) is 7.72. The molecule has 2 unspecified atom stereocenters. The average molecular weight is 431 g/mol. The highest BCUT2D eigenvalue weighted by Gasteiger charge is 2.35. The molecule has 1 N–H and O–H groups in total. The van der Waals surface area contributed by atoms with Crippen molar-refractivity contribution in [2.75, 3.05) is 26.2 Å². The molecule has 0 aromatic carbocycles. The van der Waals surface area contributed by atoms with Crippen molar-refractivity contribution in [1.29, 1.82) is 0 Å². The monoisotopic (exact) mass is 431 g/mol. The van der Waals surface area contributed by atoms with Crippen molar-refractivity contribution in [3.63, 3.8) is 0 Å². The van der Waals surface area contributed by atoms with Gasteiger partial charge in [0, 0.05) is 45.1 Å². The average Bonchev–Trinajstić information content (AvgIpc) is 3.19. The van der Waals surface area contributed by atoms with Crippen molar-refractivity contribution < 1.29 is 0 Å². The van der Waals surface area contributed by atoms with Crippen molar-refractivity contribution in [3.8, 4) is 0 Å². The van der Waals surface area contributed by atoms with E-state index in [1.54, 1.807) is 0 Å². The van der Waals surface area contributed by atoms with Gasteiger partial charge < -0.3 is 10.2 Å². The summed E-state index contributed by atoms with van der Waals surface area (Å²) in [5.41, 5.74) is 0. The molecule has 130 valence electrons. The molecule has 1 aromatic heterocycles. The van der Waals surface area contributed by atoms with Gasteiger partial charge in [-0.1, -0.05) is 12.8 Å². The Morgan fingerprint density at radius 3 is 2.61 bits per heavy atom. The first kappa shape index (κ1) is 18.5. The molecule has 1 aliphatic carbocycles. The highest BCUT2D eigenvalue weighted by atomic mass is 127. The zero-order chi connectivity index (χ0) is 15.2. The van der Waals surface area contributed by atoms with Crippen molar-refractivity contribution in [3.05, 3.63) is 18.5 Å². The summed E-state index contributed by atoms with van der Waals surface area (Å²) in [7, 11) is 0. The minimum absolute atomic E-state index is 0. The van der Waals surface area contributed by atoms with Gasteiger partial charge in [-0.05, 0) is 44.1 Å². The number of fused-ring (bicyclic) bond motifs is 1. The van der Waals surface area contributed by atoms with Crippen molar-refractivity contribution in [2.24, 2.45) is 16.8 Å². The second-order valence-electron chi connectivity index (χ2n) is 6.57. The summed E-state index contributed by atoms with van der Waals surface area (Å²) in [6.07, 6.45) is 10.6. The van der Waals surface area contributed by atoms with Crippen LogP contribution in [0.4, 0.5) is 0 Å². The summed E-state index contributed by atoms with van der Waals surface area (Å²) >= 11 is 0. The highest BCUT2D eigenvalue weighted by molar-refractivity contribution is 14.0. The van der Waals surface area contributed by atoms with Gasteiger partial charge in [0.2, 0.25) is 0 Å². The normalized spacial score (nSPS) is 24.2. The number of nitrogens with zero attached hydrogens (tertiary/aromatic N) is 4. The number of guanidine groups is 1. The second kappa shape index (κ2) is 9.49. The van der Waals surface area contributed by atoms with Gasteiger partial charge in [-0.15, -0.1) is 24.0 Å². The number of hydrogen-bond donors (Lipinski definition) is 1. The van der Waals surface area contributed by atoms with Crippen LogP contribution in [-0.4, -0.2) is 46.8 Å². The van der Waals surface area contributed by atoms with E-state index in [-0.39, 0.29) is 24.0 Å². The SMILES string of the molecule is CCNC(=NCCCn1cccn1)N1CC2CCCCC2C1.I. The molecule has 0 amide bonds. The second-order valence-corrected chi connectivity index (χ2v) is 6.57. The maximum atomic E-state index is 4.84. The van der Waals surface area contributed by atoms with Gasteiger partial charge in [0.05, 0.1) is 0 Å². The van der Waals surface area contributed by atoms with Crippen LogP contribution in [0.3, 0.4) is 0 Å². The Morgan fingerprint density at radius 1 is 1.26 bits per heavy atom. The molecular formula is C17H30IN5. The Hall–Kier alpha value is -0.790. The van der Waals surface area contributed by atoms with E-state index < -0.39 is 0 Å². The van der Waals surface area contributed by atoms with Gasteiger partial charge in [-0.3, -0.25) is 9.67 Å². The minimum atomic E-state index is 0. The Bertz CT molecular complexity index is 459. The van der Waals surface area contributed by atoms with E-state index in [9.17, 15) is 0 Å². The third-order valence-electron chi connectivity index (χ3n) is 4.98. The predicted molar refractivity (Wildman–Crippen MR) is 105 cm³/mol. The smallest absolute Gasteiger partial charge is 0.193 e. The molecule has 0 bridgehead atoms. The third kappa shape index (κ3) is 5.09. The molecule has 2 atom stereocenters. The van der Waals surface area contributed by atoms with Crippen molar-refractivity contribution in [1.82, 2.24) is 20.0 Å². The Kier molecular flexibility index (Phi) is 7.65. The molecule has 3 rings (SSSR count). The van der Waals surface area contributed by atoms with E-state index in [0.717, 1.165) is 43.9 Å². The van der Waals surface area contributed by atoms with Crippen LogP contribution in [0.15, 0.2) is 23.5 Å². The van der Waals surface area contributed by atoms with Gasteiger partial charge >= 0.3 is 0 Å². The molecule has 2 aliphatic rings. The van der Waals surface area contributed by atoms with Crippen molar-refractivity contribution in [2.45, 2.75) is 45.6 Å². The standard InChI is InChI=1S/C17H29N5.HI/c1-2-18-17(19-9-5-11-22-12-6-10-20-22)21-13-15-7-3-4-8-16(15)14-21;/h6,10,12,15-16H,2-5,7-9,11,13-14H2,1H3,(H,18,19);1H. The Morgan fingerprint density at radius 2 is 2.00 bits per heavy atom. The molecule has 1 aliphatic heterocycles. The first-order chi connectivity index (χ1) is 10.9. The summed E-state index contributed by atoms with van der Waals surface area (Å²) in [5.74, 6) is 2.93. The van der Waals surface area contributed by atoms with Gasteiger partial charge in [0.1, 0.15) is 0 Å². The van der Waals surface area contributed by atoms with Crippen LogP contribution >= 0.6 is 24.0 Å². The maximum absolute atomic E-state index is 4.84. The molecule has 23 heavy (non-hydrogen) atoms. The summed E-state index contributed by atoms with van der Waals surface area (Å²) in [6.45, 7) is 7.33. The number of rotatable bonds is 5. The molecule has 1 saturated heterocycles. The lowest BCUT2D eigenvalue weighted by Gasteiger charge is -2.22. The molecule has 5 nitrogen and oxygen atoms in total. The van der Waals surface area contributed by atoms with Gasteiger partial charge in [0.15, 0.2) is 5.96 Å². The zero-order valence-corrected chi connectivity index (χ0v) is 16.5. The molecule has 6 heteroatoms. The van der Waals surface area contributed by atoms with Crippen LogP contribution in [0.2, 0.25) is 0 Å². The summed E-state index contributed by atoms with van der Waals surface area (Å²) in [6, 6.07) is 1.97. The Labute approximate surface area is 156 Å². The summed E-state index contributed by atoms with van der Waals surface area (Å²) < 4.78 is 1.98. The first-order valence-corrected chi connectivity index (χ1v) is 8.87. The number of likely N-dealkylation sites (tertiary alicyclic amines) is 1. The largest absolute Gasteiger partial charge is 0.357 e. The molecule has 2 heterocycles. The van der Waals surface area contributed by atoms with Crippen molar-refractivity contribution >= 4 is 29.9 Å². The highest BCUT2D eigenvalue weighted by Crippen LogP contribution is 2.35. The van der Waals surface area contributed by atoms with E-state index in [4.69, 9.17) is 4.99 Å². The van der Waals surface area contributed by atoms with Crippen LogP contribution in [0.1, 0.15) is 39.0 Å². The molecule has 0 radical (unpaired) electrons. The third-order valence-corrected chi connectivity index (χ3v) is 4.98. The van der Waals surface area contributed by atoms with Gasteiger partial charge in [-0.2, -0.15) is 5.10 Å². The number of aliphatic imine (C=N–C) groups is 1. The molecule has 1 saturated carbocycles. The van der Waals surface area contributed by atoms with Crippen LogP contribution in [0.25, 0.3) is 0 Å². The fourth-order valence-electron chi connectivity index (χ4n) is 3.86. The van der Waals surface area contributed by atoms with Crippen LogP contribution in [0.5, 0.6) is 0 Å². The minimum Gasteiger partial charge on any atom is -0.357 e. The number of nitrogens with one attached hydrogen (secondary N) is 1. The number of hydrogen-bond acceptors (Lipinski definition) is 2. The lowest BCUT2D eigenvalue weighted by Crippen LogP contribution is -2.40. The van der Waals surface area contributed by atoms with E-state index >= 15 is 0 Å². The van der Waals surface area contributed by atoms with Crippen LogP contribution in [0, 0.1) is 11.8 Å². The van der Waals surface area contributed by atoms with Crippen LogP contribution in [-0.2, 0) is 6.54 Å². The predicted octanol–water partition coefficient (Wildman–Crippen LogP) is 2.98. The maximum Gasteiger partial charge on any atom is 0.193 e. The summed E-state index contributed by atoms with van der Waals surface area (Å²) in [4.78, 5) is 7.34. The fraction of sp³-hybridized carbons (Fsp3) is 0.765. The number of halogens is 1. The molecule has 2 fully saturated rings. The zero-order valence-electron chi connectivity index (χ0n) is 14.2. The quantitative estimate of drug-likeness (QED) is 0.338.